The zero-order valence-corrected chi connectivity index (χ0v) is 17.3. The number of carboxylic acid groups (broad SMARTS) is 1. The van der Waals surface area contributed by atoms with Gasteiger partial charge in [0, 0.05) is 5.02 Å². The number of carbonyl (C=O) groups is 1. The molecule has 1 aliphatic heterocycles. The van der Waals surface area contributed by atoms with E-state index in [-0.39, 0.29) is 5.02 Å². The average Bonchev–Trinajstić information content (AvgIpc) is 2.75. The molecule has 1 N–H and O–H groups in total. The van der Waals surface area contributed by atoms with Gasteiger partial charge in [-0.1, -0.05) is 54.1 Å². The number of carboxylic acids is 1. The Morgan fingerprint density at radius 2 is 1.68 bits per heavy atom. The van der Waals surface area contributed by atoms with Crippen molar-refractivity contribution in [2.75, 3.05) is 13.1 Å². The van der Waals surface area contributed by atoms with Crippen LogP contribution >= 0.6 is 11.6 Å². The average molecular weight is 448 g/mol. The summed E-state index contributed by atoms with van der Waals surface area (Å²) in [6.07, 6.45) is -3.61. The third-order valence-corrected chi connectivity index (χ3v) is 6.32. The second-order valence-corrected chi connectivity index (χ2v) is 8.26. The Bertz CT molecular complexity index is 1100. The molecule has 3 aromatic rings. The minimum atomic E-state index is -4.49. The van der Waals surface area contributed by atoms with Crippen molar-refractivity contribution in [3.8, 4) is 0 Å². The Hall–Kier alpha value is -2.57. The van der Waals surface area contributed by atoms with Crippen LogP contribution in [0.15, 0.2) is 60.7 Å². The van der Waals surface area contributed by atoms with Crippen molar-refractivity contribution in [1.82, 2.24) is 4.90 Å². The van der Waals surface area contributed by atoms with Gasteiger partial charge in [-0.05, 0) is 66.0 Å². The number of aliphatic carboxylic acids is 1. The number of rotatable bonds is 4. The van der Waals surface area contributed by atoms with Crippen LogP contribution in [0.3, 0.4) is 0 Å². The summed E-state index contributed by atoms with van der Waals surface area (Å²) >= 11 is 6.45. The normalized spacial score (nSPS) is 17.0. The van der Waals surface area contributed by atoms with Crippen molar-refractivity contribution in [2.24, 2.45) is 5.92 Å². The first-order chi connectivity index (χ1) is 14.8. The molecule has 1 heterocycles. The molecule has 3 nitrogen and oxygen atoms in total. The van der Waals surface area contributed by atoms with Gasteiger partial charge in [-0.15, -0.1) is 0 Å². The molecule has 0 amide bonds. The summed E-state index contributed by atoms with van der Waals surface area (Å²) in [6, 6.07) is 16.4. The first-order valence-corrected chi connectivity index (χ1v) is 10.4. The van der Waals surface area contributed by atoms with E-state index in [1.807, 2.05) is 47.4 Å². The van der Waals surface area contributed by atoms with Gasteiger partial charge in [-0.2, -0.15) is 13.2 Å². The topological polar surface area (TPSA) is 40.5 Å². The van der Waals surface area contributed by atoms with Crippen LogP contribution in [0.5, 0.6) is 0 Å². The molecule has 0 radical (unpaired) electrons. The standard InChI is InChI=1S/C24H21ClF3NO2/c25-21-9-8-17(24(26,27)28)14-20(21)22(29-12-10-16(11-13-29)23(30)31)19-7-3-5-15-4-1-2-6-18(15)19/h1-9,14,16,22H,10-13H2,(H,30,31). The maximum Gasteiger partial charge on any atom is 0.416 e. The molecule has 1 atom stereocenters. The predicted octanol–water partition coefficient (Wildman–Crippen LogP) is 6.40. The van der Waals surface area contributed by atoms with E-state index in [4.69, 9.17) is 11.6 Å². The smallest absolute Gasteiger partial charge is 0.416 e. The van der Waals surface area contributed by atoms with Crippen LogP contribution in [0.2, 0.25) is 5.02 Å². The van der Waals surface area contributed by atoms with E-state index in [0.717, 1.165) is 28.5 Å². The number of piperidine rings is 1. The van der Waals surface area contributed by atoms with Gasteiger partial charge >= 0.3 is 12.1 Å². The molecular formula is C24H21ClF3NO2. The van der Waals surface area contributed by atoms with Crippen LogP contribution in [-0.4, -0.2) is 29.1 Å². The summed E-state index contributed by atoms with van der Waals surface area (Å²) in [5, 5.41) is 11.5. The van der Waals surface area contributed by atoms with Crippen LogP contribution in [0.25, 0.3) is 10.8 Å². The molecule has 3 aromatic carbocycles. The van der Waals surface area contributed by atoms with Crippen LogP contribution in [0, 0.1) is 5.92 Å². The number of fused-ring (bicyclic) bond motifs is 1. The number of hydrogen-bond acceptors (Lipinski definition) is 2. The second-order valence-electron chi connectivity index (χ2n) is 7.85. The molecule has 1 fully saturated rings. The molecule has 0 spiro atoms. The number of alkyl halides is 3. The number of nitrogens with zero attached hydrogens (tertiary/aromatic N) is 1. The molecule has 0 saturated carbocycles. The van der Waals surface area contributed by atoms with Gasteiger partial charge in [0.25, 0.3) is 0 Å². The number of likely N-dealkylation sites (tertiary alicyclic amines) is 1. The molecule has 1 unspecified atom stereocenters. The van der Waals surface area contributed by atoms with Gasteiger partial charge in [0.15, 0.2) is 0 Å². The lowest BCUT2D eigenvalue weighted by atomic mass is 9.88. The SMILES string of the molecule is O=C(O)C1CCN(C(c2cc(C(F)(F)F)ccc2Cl)c2cccc3ccccc23)CC1. The Labute approximate surface area is 183 Å². The summed E-state index contributed by atoms with van der Waals surface area (Å²) in [7, 11) is 0. The fourth-order valence-electron chi connectivity index (χ4n) is 4.38. The molecule has 1 aliphatic rings. The van der Waals surface area contributed by atoms with Crippen molar-refractivity contribution in [3.63, 3.8) is 0 Å². The second kappa shape index (κ2) is 8.52. The summed E-state index contributed by atoms with van der Waals surface area (Å²) in [5.41, 5.74) is 0.479. The van der Waals surface area contributed by atoms with Gasteiger partial charge < -0.3 is 5.11 Å². The molecule has 1 saturated heterocycles. The van der Waals surface area contributed by atoms with Crippen LogP contribution in [0.4, 0.5) is 13.2 Å². The third kappa shape index (κ3) is 4.41. The Kier molecular flexibility index (Phi) is 5.95. The van der Waals surface area contributed by atoms with Crippen LogP contribution in [0.1, 0.15) is 35.6 Å². The maximum atomic E-state index is 13.5. The number of hydrogen-bond donors (Lipinski definition) is 1. The van der Waals surface area contributed by atoms with E-state index in [1.54, 1.807) is 0 Å². The fourth-order valence-corrected chi connectivity index (χ4v) is 4.60. The molecule has 4 rings (SSSR count). The van der Waals surface area contributed by atoms with Gasteiger partial charge in [0.2, 0.25) is 0 Å². The lowest BCUT2D eigenvalue weighted by Crippen LogP contribution is -2.39. The van der Waals surface area contributed by atoms with Crippen molar-refractivity contribution in [2.45, 2.75) is 25.1 Å². The maximum absolute atomic E-state index is 13.5. The first-order valence-electron chi connectivity index (χ1n) is 10.1. The molecule has 31 heavy (non-hydrogen) atoms. The van der Waals surface area contributed by atoms with E-state index in [0.29, 0.717) is 31.5 Å². The van der Waals surface area contributed by atoms with Gasteiger partial charge in [0.05, 0.1) is 17.5 Å². The van der Waals surface area contributed by atoms with Crippen molar-refractivity contribution < 1.29 is 23.1 Å². The molecule has 7 heteroatoms. The Balaban J connectivity index is 1.86. The fraction of sp³-hybridized carbons (Fsp3) is 0.292. The predicted molar refractivity (Wildman–Crippen MR) is 114 cm³/mol. The van der Waals surface area contributed by atoms with Gasteiger partial charge in [-0.3, -0.25) is 9.69 Å². The van der Waals surface area contributed by atoms with Crippen LogP contribution in [-0.2, 0) is 11.0 Å². The summed E-state index contributed by atoms with van der Waals surface area (Å²) in [6.45, 7) is 0.912. The van der Waals surface area contributed by atoms with Crippen molar-refractivity contribution in [3.05, 3.63) is 82.4 Å². The summed E-state index contributed by atoms with van der Waals surface area (Å²) in [4.78, 5) is 13.4. The zero-order chi connectivity index (χ0) is 22.2. The largest absolute Gasteiger partial charge is 0.481 e. The number of benzene rings is 3. The first kappa shape index (κ1) is 21.7. The molecule has 162 valence electrons. The lowest BCUT2D eigenvalue weighted by molar-refractivity contribution is -0.143. The minimum absolute atomic E-state index is 0.256. The highest BCUT2D eigenvalue weighted by Crippen LogP contribution is 2.41. The number of halogens is 4. The van der Waals surface area contributed by atoms with Crippen LogP contribution < -0.4 is 0 Å². The Morgan fingerprint density at radius 1 is 1.00 bits per heavy atom. The van der Waals surface area contributed by atoms with Crippen molar-refractivity contribution >= 4 is 28.3 Å². The molecule has 0 aliphatic carbocycles. The summed E-state index contributed by atoms with van der Waals surface area (Å²) < 4.78 is 40.4. The van der Waals surface area contributed by atoms with E-state index >= 15 is 0 Å². The lowest BCUT2D eigenvalue weighted by Gasteiger charge is -2.38. The molecular weight excluding hydrogens is 427 g/mol. The molecule has 0 aromatic heterocycles. The highest BCUT2D eigenvalue weighted by molar-refractivity contribution is 6.31. The Morgan fingerprint density at radius 3 is 2.35 bits per heavy atom. The quantitative estimate of drug-likeness (QED) is 0.503. The van der Waals surface area contributed by atoms with E-state index < -0.39 is 29.7 Å². The van der Waals surface area contributed by atoms with Gasteiger partial charge in [0.1, 0.15) is 0 Å². The summed E-state index contributed by atoms with van der Waals surface area (Å²) in [5.74, 6) is -1.28. The van der Waals surface area contributed by atoms with E-state index in [1.165, 1.54) is 6.07 Å². The zero-order valence-electron chi connectivity index (χ0n) is 16.6. The van der Waals surface area contributed by atoms with E-state index in [2.05, 4.69) is 0 Å². The molecule has 0 bridgehead atoms. The minimum Gasteiger partial charge on any atom is -0.481 e. The third-order valence-electron chi connectivity index (χ3n) is 5.98. The monoisotopic (exact) mass is 447 g/mol. The highest BCUT2D eigenvalue weighted by atomic mass is 35.5. The van der Waals surface area contributed by atoms with E-state index in [9.17, 15) is 23.1 Å². The highest BCUT2D eigenvalue weighted by Gasteiger charge is 2.35. The van der Waals surface area contributed by atoms with Gasteiger partial charge in [-0.25, -0.2) is 0 Å². The van der Waals surface area contributed by atoms with Crippen molar-refractivity contribution in [1.29, 1.82) is 0 Å².